The molecule has 5 aromatic rings. The first-order valence-corrected chi connectivity index (χ1v) is 12.5. The van der Waals surface area contributed by atoms with Gasteiger partial charge in [0, 0.05) is 32.4 Å². The van der Waals surface area contributed by atoms with E-state index < -0.39 is 0 Å². The van der Waals surface area contributed by atoms with E-state index in [1.807, 2.05) is 13.8 Å². The number of fused-ring (bicyclic) bond motifs is 3. The van der Waals surface area contributed by atoms with Crippen molar-refractivity contribution in [3.8, 4) is 11.6 Å². The molecule has 1 aliphatic rings. The number of hydrogen-bond donors (Lipinski definition) is 1. The van der Waals surface area contributed by atoms with E-state index in [0.29, 0.717) is 72.6 Å². The molecule has 1 aliphatic carbocycles. The number of imidazole rings is 1. The molecule has 2 N–H and O–H groups in total. The van der Waals surface area contributed by atoms with Gasteiger partial charge in [0.1, 0.15) is 5.52 Å². The Bertz CT molecular complexity index is 1650. The molecule has 5 aromatic heterocycles. The van der Waals surface area contributed by atoms with Gasteiger partial charge in [-0.3, -0.25) is 18.6 Å². The summed E-state index contributed by atoms with van der Waals surface area (Å²) in [6.45, 7) is 6.40. The van der Waals surface area contributed by atoms with Crippen LogP contribution in [0.3, 0.4) is 0 Å². The van der Waals surface area contributed by atoms with Crippen molar-refractivity contribution in [1.82, 2.24) is 43.4 Å². The molecule has 13 nitrogen and oxygen atoms in total. The Labute approximate surface area is 211 Å². The summed E-state index contributed by atoms with van der Waals surface area (Å²) >= 11 is 0. The van der Waals surface area contributed by atoms with Gasteiger partial charge in [0.05, 0.1) is 24.6 Å². The number of nitrogens with two attached hydrogens (primary N) is 1. The molecule has 1 fully saturated rings. The fraction of sp³-hybridized carbons (Fsp3) is 0.417. The number of anilines is 1. The van der Waals surface area contributed by atoms with E-state index in [-0.39, 0.29) is 17.5 Å². The maximum Gasteiger partial charge on any atom is 0.330 e. The predicted molar refractivity (Wildman–Crippen MR) is 135 cm³/mol. The van der Waals surface area contributed by atoms with Gasteiger partial charge in [-0.05, 0) is 44.7 Å². The van der Waals surface area contributed by atoms with Crippen LogP contribution in [-0.4, -0.2) is 62.4 Å². The number of hydrogen-bond acceptors (Lipinski definition) is 8. The van der Waals surface area contributed by atoms with Gasteiger partial charge in [-0.2, -0.15) is 14.6 Å². The van der Waals surface area contributed by atoms with Crippen molar-refractivity contribution in [3.05, 3.63) is 46.8 Å². The molecule has 0 bridgehead atoms. The van der Waals surface area contributed by atoms with Gasteiger partial charge >= 0.3 is 5.69 Å². The average Bonchev–Trinajstić information content (AvgIpc) is 3.31. The Morgan fingerprint density at radius 1 is 1.16 bits per heavy atom. The zero-order valence-corrected chi connectivity index (χ0v) is 20.7. The number of nitrogens with zero attached hydrogens (tertiary/aromatic N) is 9. The zero-order chi connectivity index (χ0) is 25.7. The molecule has 0 atom stereocenters. The first-order valence-electron chi connectivity index (χ1n) is 12.5. The number of carbonyl (C=O) groups is 1. The molecule has 0 saturated heterocycles. The van der Waals surface area contributed by atoms with Crippen LogP contribution in [0.5, 0.6) is 0 Å². The van der Waals surface area contributed by atoms with Crippen LogP contribution in [0, 0.1) is 5.92 Å². The van der Waals surface area contributed by atoms with Gasteiger partial charge < -0.3 is 15.1 Å². The molecule has 192 valence electrons. The average molecular weight is 505 g/mol. The third-order valence-electron chi connectivity index (χ3n) is 6.82. The molecule has 5 heterocycles. The van der Waals surface area contributed by atoms with Crippen molar-refractivity contribution >= 4 is 28.7 Å². The highest BCUT2D eigenvalue weighted by atomic mass is 16.3. The van der Waals surface area contributed by atoms with E-state index in [9.17, 15) is 9.59 Å². The Hall–Kier alpha value is -4.42. The van der Waals surface area contributed by atoms with Gasteiger partial charge in [-0.1, -0.05) is 0 Å². The lowest BCUT2D eigenvalue weighted by atomic mass is 10.3. The molecule has 0 aromatic carbocycles. The first kappa shape index (κ1) is 23.0. The third kappa shape index (κ3) is 3.96. The van der Waals surface area contributed by atoms with E-state index in [1.165, 1.54) is 4.52 Å². The number of rotatable bonds is 9. The predicted octanol–water partition coefficient (Wildman–Crippen LogP) is 1.87. The number of carbonyl (C=O) groups excluding carboxylic acids is 1. The number of nitrogen functional groups attached to an aromatic ring is 1. The van der Waals surface area contributed by atoms with Crippen LogP contribution < -0.4 is 11.4 Å². The van der Waals surface area contributed by atoms with Gasteiger partial charge in [0.15, 0.2) is 17.1 Å². The first-order chi connectivity index (χ1) is 18.0. The third-order valence-corrected chi connectivity index (χ3v) is 6.82. The van der Waals surface area contributed by atoms with Crippen molar-refractivity contribution in [2.24, 2.45) is 5.92 Å². The van der Waals surface area contributed by atoms with Crippen molar-refractivity contribution < 1.29 is 9.21 Å². The van der Waals surface area contributed by atoms with E-state index >= 15 is 0 Å². The lowest BCUT2D eigenvalue weighted by Crippen LogP contribution is -2.30. The Morgan fingerprint density at radius 2 is 1.97 bits per heavy atom. The molecular formula is C24H28N10O3. The normalized spacial score (nSPS) is 13.7. The van der Waals surface area contributed by atoms with Gasteiger partial charge in [0.2, 0.25) is 11.8 Å². The Kier molecular flexibility index (Phi) is 5.54. The van der Waals surface area contributed by atoms with Crippen LogP contribution in [0.4, 0.5) is 5.95 Å². The number of aromatic nitrogens is 8. The van der Waals surface area contributed by atoms with E-state index in [2.05, 4.69) is 20.2 Å². The topological polar surface area (TPSA) is 147 Å². The summed E-state index contributed by atoms with van der Waals surface area (Å²) in [5, 5.41) is 8.81. The molecule has 1 saturated carbocycles. The minimum absolute atomic E-state index is 0.0644. The summed E-state index contributed by atoms with van der Waals surface area (Å²) in [4.78, 5) is 37.2. The highest BCUT2D eigenvalue weighted by Crippen LogP contribution is 2.32. The summed E-state index contributed by atoms with van der Waals surface area (Å²) in [5.41, 5.74) is 8.09. The summed E-state index contributed by atoms with van der Waals surface area (Å²) < 4.78 is 11.9. The second-order valence-corrected chi connectivity index (χ2v) is 9.25. The summed E-state index contributed by atoms with van der Waals surface area (Å²) in [6.07, 6.45) is 6.99. The minimum Gasteiger partial charge on any atom is -0.461 e. The van der Waals surface area contributed by atoms with Crippen molar-refractivity contribution in [3.63, 3.8) is 0 Å². The van der Waals surface area contributed by atoms with E-state index in [4.69, 9.17) is 10.2 Å². The Morgan fingerprint density at radius 3 is 2.68 bits per heavy atom. The summed E-state index contributed by atoms with van der Waals surface area (Å²) in [7, 11) is 0. The van der Waals surface area contributed by atoms with E-state index in [1.54, 1.807) is 49.5 Å². The monoisotopic (exact) mass is 504 g/mol. The SMILES string of the molecule is CCN(CC)C(=O)c1cnn(CCn2c(=O)n(CC3CC3)c3c2nc(N)n2nc(-c4ccco4)nc32)c1. The molecule has 6 rings (SSSR count). The van der Waals surface area contributed by atoms with Crippen molar-refractivity contribution in [2.75, 3.05) is 18.8 Å². The van der Waals surface area contributed by atoms with Crippen LogP contribution in [0.1, 0.15) is 37.0 Å². The maximum atomic E-state index is 13.6. The largest absolute Gasteiger partial charge is 0.461 e. The van der Waals surface area contributed by atoms with Crippen LogP contribution in [0.25, 0.3) is 28.4 Å². The highest BCUT2D eigenvalue weighted by molar-refractivity contribution is 5.93. The molecule has 13 heteroatoms. The zero-order valence-electron chi connectivity index (χ0n) is 20.7. The molecule has 0 unspecified atom stereocenters. The molecule has 37 heavy (non-hydrogen) atoms. The quantitative estimate of drug-likeness (QED) is 0.320. The lowest BCUT2D eigenvalue weighted by Gasteiger charge is -2.17. The summed E-state index contributed by atoms with van der Waals surface area (Å²) in [6, 6.07) is 3.52. The second kappa shape index (κ2) is 8.91. The van der Waals surface area contributed by atoms with Crippen LogP contribution in [0.2, 0.25) is 0 Å². The smallest absolute Gasteiger partial charge is 0.330 e. The minimum atomic E-state index is -0.184. The van der Waals surface area contributed by atoms with Crippen molar-refractivity contribution in [2.45, 2.75) is 46.3 Å². The van der Waals surface area contributed by atoms with Gasteiger partial charge in [-0.15, -0.1) is 5.10 Å². The van der Waals surface area contributed by atoms with Gasteiger partial charge in [-0.25, -0.2) is 9.78 Å². The van der Waals surface area contributed by atoms with E-state index in [0.717, 1.165) is 12.8 Å². The fourth-order valence-corrected chi connectivity index (χ4v) is 4.63. The maximum absolute atomic E-state index is 13.6. The second-order valence-electron chi connectivity index (χ2n) is 9.25. The number of furan rings is 1. The fourth-order valence-electron chi connectivity index (χ4n) is 4.63. The van der Waals surface area contributed by atoms with Crippen molar-refractivity contribution in [1.29, 1.82) is 0 Å². The van der Waals surface area contributed by atoms with Crippen LogP contribution in [-0.2, 0) is 19.6 Å². The van der Waals surface area contributed by atoms with Crippen LogP contribution >= 0.6 is 0 Å². The Balaban J connectivity index is 1.39. The number of amides is 1. The number of aryl methyl sites for hydroxylation is 2. The lowest BCUT2D eigenvalue weighted by molar-refractivity contribution is 0.0773. The molecule has 0 spiro atoms. The molecular weight excluding hydrogens is 476 g/mol. The van der Waals surface area contributed by atoms with Gasteiger partial charge in [0.25, 0.3) is 5.91 Å². The van der Waals surface area contributed by atoms with Crippen LogP contribution in [0.15, 0.2) is 40.0 Å². The molecule has 0 aliphatic heterocycles. The standard InChI is InChI=1S/C24H28N10O3/c1-3-30(4-2)22(35)16-12-26-31(14-16)9-10-32-20-18(33(24(32)36)13-15-7-8-15)21-27-19(17-6-5-11-37-17)29-34(21)23(25)28-20/h5-6,11-12,14-15H,3-4,7-10,13H2,1-2H3,(H2,25,28). The summed E-state index contributed by atoms with van der Waals surface area (Å²) in [5.74, 6) is 1.37. The molecule has 0 radical (unpaired) electrons. The molecule has 1 amide bonds. The highest BCUT2D eigenvalue weighted by Gasteiger charge is 2.28.